The third-order valence-electron chi connectivity index (χ3n) is 1.35. The molecule has 14 heavy (non-hydrogen) atoms. The maximum absolute atomic E-state index is 10.4. The van der Waals surface area contributed by atoms with Gasteiger partial charge >= 0.3 is 105 Å². The first-order valence-corrected chi connectivity index (χ1v) is 6.94. The summed E-state index contributed by atoms with van der Waals surface area (Å²) in [4.78, 5) is 11.8. The third-order valence-corrected chi connectivity index (χ3v) is 5.89. The van der Waals surface area contributed by atoms with E-state index in [1.165, 1.54) is 12.1 Å². The van der Waals surface area contributed by atoms with Crippen molar-refractivity contribution in [2.24, 2.45) is 0 Å². The molecule has 0 atom stereocenters. The number of nitro groups is 1. The average molecular weight is 386 g/mol. The Morgan fingerprint density at radius 1 is 1.43 bits per heavy atom. The molecule has 0 aliphatic rings. The molecule has 1 aromatic carbocycles. The van der Waals surface area contributed by atoms with Crippen molar-refractivity contribution in [3.8, 4) is 0 Å². The number of halogens is 2. The zero-order chi connectivity index (χ0) is 10.6. The van der Waals surface area contributed by atoms with Gasteiger partial charge in [0, 0.05) is 0 Å². The summed E-state index contributed by atoms with van der Waals surface area (Å²) in [5.41, 5.74) is 0.128. The Hall–Kier alpha value is -0.161. The molecule has 0 aliphatic carbocycles. The Morgan fingerprint density at radius 3 is 2.43 bits per heavy atom. The Labute approximate surface area is 104 Å². The van der Waals surface area contributed by atoms with Gasteiger partial charge in [0.1, 0.15) is 0 Å². The van der Waals surface area contributed by atoms with Gasteiger partial charge in [0.15, 0.2) is 0 Å². The summed E-state index contributed by atoms with van der Waals surface area (Å²) in [5.74, 6) is 0. The van der Waals surface area contributed by atoms with Crippen molar-refractivity contribution in [2.45, 2.75) is 0 Å². The first-order valence-electron chi connectivity index (χ1n) is 3.51. The maximum atomic E-state index is 10.4. The molecule has 0 amide bonds. The number of rotatable bonds is 3. The number of nitrogens with zero attached hydrogens (tertiary/aromatic N) is 1. The van der Waals surface area contributed by atoms with Crippen molar-refractivity contribution in [1.29, 1.82) is 0 Å². The SMILES string of the molecule is O=[N+]([O-])c1ccc([Se]/C(Br)=C/Br)cc1. The second kappa shape index (κ2) is 5.66. The molecule has 6 heteroatoms. The first kappa shape index (κ1) is 11.9. The Kier molecular flexibility index (Phi) is 4.81. The molecule has 1 aromatic rings. The van der Waals surface area contributed by atoms with Crippen molar-refractivity contribution in [1.82, 2.24) is 0 Å². The van der Waals surface area contributed by atoms with Crippen LogP contribution in [0.1, 0.15) is 0 Å². The van der Waals surface area contributed by atoms with E-state index in [1.54, 1.807) is 17.1 Å². The van der Waals surface area contributed by atoms with Crippen LogP contribution in [0.25, 0.3) is 0 Å². The van der Waals surface area contributed by atoms with Crippen molar-refractivity contribution in [3.05, 3.63) is 42.7 Å². The van der Waals surface area contributed by atoms with Gasteiger partial charge in [-0.15, -0.1) is 0 Å². The molecule has 0 radical (unpaired) electrons. The fourth-order valence-corrected chi connectivity index (χ4v) is 3.36. The van der Waals surface area contributed by atoms with Crippen molar-refractivity contribution in [2.75, 3.05) is 0 Å². The fraction of sp³-hybridized carbons (Fsp3) is 0. The number of nitro benzene ring substituents is 1. The van der Waals surface area contributed by atoms with Gasteiger partial charge < -0.3 is 0 Å². The van der Waals surface area contributed by atoms with Crippen LogP contribution in [0.5, 0.6) is 0 Å². The van der Waals surface area contributed by atoms with Gasteiger partial charge in [-0.05, 0) is 0 Å². The zero-order valence-electron chi connectivity index (χ0n) is 6.81. The Bertz CT molecular complexity index is 364. The summed E-state index contributed by atoms with van der Waals surface area (Å²) in [7, 11) is 0. The summed E-state index contributed by atoms with van der Waals surface area (Å²) in [6.07, 6.45) is 0. The molecule has 1 rings (SSSR count). The van der Waals surface area contributed by atoms with E-state index in [1.807, 2.05) is 0 Å². The van der Waals surface area contributed by atoms with E-state index in [2.05, 4.69) is 31.9 Å². The quantitative estimate of drug-likeness (QED) is 0.456. The summed E-state index contributed by atoms with van der Waals surface area (Å²) in [6, 6.07) is 6.59. The van der Waals surface area contributed by atoms with Gasteiger partial charge in [0.25, 0.3) is 0 Å². The van der Waals surface area contributed by atoms with E-state index in [4.69, 9.17) is 0 Å². The van der Waals surface area contributed by atoms with Crippen LogP contribution < -0.4 is 4.46 Å². The summed E-state index contributed by atoms with van der Waals surface area (Å²) >= 11 is 6.74. The van der Waals surface area contributed by atoms with E-state index >= 15 is 0 Å². The number of benzene rings is 1. The van der Waals surface area contributed by atoms with Gasteiger partial charge in [0.2, 0.25) is 0 Å². The predicted octanol–water partition coefficient (Wildman–Crippen LogP) is 2.51. The Morgan fingerprint density at radius 2 is 2.00 bits per heavy atom. The molecule has 0 fully saturated rings. The summed E-state index contributed by atoms with van der Waals surface area (Å²) < 4.78 is 2.14. The standard InChI is InChI=1S/C8H5Br2NO2Se/c9-5-8(10)14-7-3-1-6(2-4-7)11(12)13/h1-5H/b8-5+. The molecular formula is C8H5Br2NO2Se. The molecule has 0 aliphatic heterocycles. The van der Waals surface area contributed by atoms with Crippen molar-refractivity contribution >= 4 is 57.0 Å². The molecule has 74 valence electrons. The van der Waals surface area contributed by atoms with Gasteiger partial charge in [-0.3, -0.25) is 0 Å². The molecule has 0 bridgehead atoms. The van der Waals surface area contributed by atoms with Crippen LogP contribution in [0.2, 0.25) is 0 Å². The van der Waals surface area contributed by atoms with E-state index in [-0.39, 0.29) is 20.6 Å². The van der Waals surface area contributed by atoms with Crippen LogP contribution in [0.4, 0.5) is 5.69 Å². The minimum atomic E-state index is -0.397. The summed E-state index contributed by atoms with van der Waals surface area (Å²) in [6.45, 7) is 0. The number of hydrogen-bond acceptors (Lipinski definition) is 2. The van der Waals surface area contributed by atoms with E-state index in [9.17, 15) is 10.1 Å². The molecule has 3 nitrogen and oxygen atoms in total. The van der Waals surface area contributed by atoms with E-state index in [0.29, 0.717) is 0 Å². The molecule has 0 saturated heterocycles. The van der Waals surface area contributed by atoms with Crippen LogP contribution in [0.3, 0.4) is 0 Å². The fourth-order valence-electron chi connectivity index (χ4n) is 0.771. The topological polar surface area (TPSA) is 43.1 Å². The monoisotopic (exact) mass is 385 g/mol. The molecule has 0 spiro atoms. The van der Waals surface area contributed by atoms with Gasteiger partial charge in [0.05, 0.1) is 0 Å². The number of hydrogen-bond donors (Lipinski definition) is 0. The minimum absolute atomic E-state index is 0.128. The summed E-state index contributed by atoms with van der Waals surface area (Å²) in [5, 5.41) is 10.4. The Balaban J connectivity index is 2.79. The molecule has 0 N–H and O–H groups in total. The normalized spacial score (nSPS) is 11.4. The van der Waals surface area contributed by atoms with Gasteiger partial charge in [-0.2, -0.15) is 0 Å². The average Bonchev–Trinajstić information content (AvgIpc) is 2.18. The van der Waals surface area contributed by atoms with E-state index in [0.717, 1.165) is 7.84 Å². The zero-order valence-corrected chi connectivity index (χ0v) is 11.7. The number of non-ortho nitro benzene ring substituents is 1. The van der Waals surface area contributed by atoms with Gasteiger partial charge in [-0.1, -0.05) is 0 Å². The van der Waals surface area contributed by atoms with E-state index < -0.39 is 4.92 Å². The molecule has 0 unspecified atom stereocenters. The second-order valence-electron chi connectivity index (χ2n) is 2.27. The van der Waals surface area contributed by atoms with Crippen LogP contribution in [0.15, 0.2) is 32.6 Å². The molecular weight excluding hydrogens is 381 g/mol. The van der Waals surface area contributed by atoms with Crippen molar-refractivity contribution < 1.29 is 4.92 Å². The van der Waals surface area contributed by atoms with Crippen LogP contribution in [-0.4, -0.2) is 19.9 Å². The van der Waals surface area contributed by atoms with Crippen molar-refractivity contribution in [3.63, 3.8) is 0 Å². The second-order valence-corrected chi connectivity index (χ2v) is 7.10. The van der Waals surface area contributed by atoms with Gasteiger partial charge in [-0.25, -0.2) is 0 Å². The first-order chi connectivity index (χ1) is 6.63. The molecule has 0 aromatic heterocycles. The molecule has 0 saturated carbocycles. The van der Waals surface area contributed by atoms with Crippen LogP contribution in [0, 0.1) is 10.1 Å². The molecule has 0 heterocycles. The third kappa shape index (κ3) is 3.53. The van der Waals surface area contributed by atoms with Crippen LogP contribution in [-0.2, 0) is 0 Å². The van der Waals surface area contributed by atoms with Crippen LogP contribution >= 0.6 is 31.9 Å². The predicted molar refractivity (Wildman–Crippen MR) is 64.4 cm³/mol.